The Hall–Kier alpha value is -3.10. The molecule has 1 aromatic carbocycles. The number of nitrogens with one attached hydrogen (secondary N) is 2. The van der Waals surface area contributed by atoms with Crippen molar-refractivity contribution in [3.63, 3.8) is 0 Å². The number of rotatable bonds is 6. The van der Waals surface area contributed by atoms with Crippen LogP contribution in [0, 0.1) is 10.1 Å². The number of hydrogen-bond donors (Lipinski definition) is 2. The van der Waals surface area contributed by atoms with Crippen LogP contribution in [0.5, 0.6) is 11.5 Å². The molecule has 0 spiro atoms. The van der Waals surface area contributed by atoms with Crippen molar-refractivity contribution in [2.75, 3.05) is 31.9 Å². The minimum atomic E-state index is -0.555. The minimum absolute atomic E-state index is 0.0518. The number of nitro groups is 1. The molecule has 0 aliphatic heterocycles. The Labute approximate surface area is 126 Å². The molecule has 0 aliphatic carbocycles. The van der Waals surface area contributed by atoms with E-state index < -0.39 is 4.92 Å². The fourth-order valence-corrected chi connectivity index (χ4v) is 1.87. The molecule has 0 saturated carbocycles. The average Bonchev–Trinajstić information content (AvgIpc) is 2.54. The summed E-state index contributed by atoms with van der Waals surface area (Å²) in [5, 5.41) is 16.8. The lowest BCUT2D eigenvalue weighted by atomic mass is 10.2. The van der Waals surface area contributed by atoms with Gasteiger partial charge in [0, 0.05) is 13.1 Å². The Bertz CT molecular complexity index is 692. The molecular weight excluding hydrogens is 290 g/mol. The normalized spacial score (nSPS) is 9.95. The van der Waals surface area contributed by atoms with Gasteiger partial charge in [0.15, 0.2) is 0 Å². The van der Waals surface area contributed by atoms with Crippen LogP contribution in [-0.4, -0.2) is 36.2 Å². The van der Waals surface area contributed by atoms with Gasteiger partial charge in [-0.3, -0.25) is 10.1 Å². The third-order valence-corrected chi connectivity index (χ3v) is 2.90. The number of aromatic nitrogens is 2. The Kier molecular flexibility index (Phi) is 4.57. The van der Waals surface area contributed by atoms with Gasteiger partial charge in [0.2, 0.25) is 11.6 Å². The molecule has 0 bridgehead atoms. The number of ether oxygens (including phenoxy) is 2. The summed E-state index contributed by atoms with van der Waals surface area (Å²) >= 11 is 0. The van der Waals surface area contributed by atoms with Gasteiger partial charge in [-0.2, -0.15) is 0 Å². The second kappa shape index (κ2) is 6.57. The monoisotopic (exact) mass is 305 g/mol. The first-order valence-corrected chi connectivity index (χ1v) is 6.27. The molecule has 0 atom stereocenters. The fraction of sp³-hybridized carbons (Fsp3) is 0.231. The third kappa shape index (κ3) is 2.97. The highest BCUT2D eigenvalue weighted by Gasteiger charge is 2.23. The van der Waals surface area contributed by atoms with Crippen molar-refractivity contribution >= 4 is 23.0 Å². The van der Waals surface area contributed by atoms with E-state index in [1.807, 2.05) is 0 Å². The van der Waals surface area contributed by atoms with Crippen molar-refractivity contribution in [3.8, 4) is 11.5 Å². The number of hydrogen-bond acceptors (Lipinski definition) is 8. The van der Waals surface area contributed by atoms with Gasteiger partial charge in [-0.25, -0.2) is 9.97 Å². The van der Waals surface area contributed by atoms with Crippen molar-refractivity contribution in [2.24, 2.45) is 0 Å². The maximum atomic E-state index is 11.3. The third-order valence-electron chi connectivity index (χ3n) is 2.90. The van der Waals surface area contributed by atoms with Crippen LogP contribution >= 0.6 is 0 Å². The molecule has 1 aromatic heterocycles. The van der Waals surface area contributed by atoms with Gasteiger partial charge in [-0.05, 0) is 12.1 Å². The maximum Gasteiger partial charge on any atom is 0.353 e. The summed E-state index contributed by atoms with van der Waals surface area (Å²) in [6, 6.07) is 5.06. The minimum Gasteiger partial charge on any atom is -0.497 e. The lowest BCUT2D eigenvalue weighted by Gasteiger charge is -2.12. The molecule has 9 heteroatoms. The standard InChI is InChI=1S/C13H15N5O4/c1-14-12-11(18(19)20)13(16-7-15-12)17-9-6-8(21-2)4-5-10(9)22-3/h4-7H,1-3H3,(H2,14,15,16,17). The molecule has 2 aromatic rings. The van der Waals surface area contributed by atoms with Crippen molar-refractivity contribution in [1.82, 2.24) is 9.97 Å². The molecule has 0 fully saturated rings. The molecule has 9 nitrogen and oxygen atoms in total. The molecule has 0 radical (unpaired) electrons. The summed E-state index contributed by atoms with van der Waals surface area (Å²) in [7, 11) is 4.57. The van der Waals surface area contributed by atoms with Gasteiger partial charge in [0.25, 0.3) is 0 Å². The summed E-state index contributed by atoms with van der Waals surface area (Å²) in [5.41, 5.74) is 0.237. The quantitative estimate of drug-likeness (QED) is 0.617. The summed E-state index contributed by atoms with van der Waals surface area (Å²) < 4.78 is 10.4. The lowest BCUT2D eigenvalue weighted by molar-refractivity contribution is -0.383. The van der Waals surface area contributed by atoms with Gasteiger partial charge in [0.05, 0.1) is 24.8 Å². The van der Waals surface area contributed by atoms with Gasteiger partial charge in [0.1, 0.15) is 17.8 Å². The number of anilines is 3. The second-order valence-corrected chi connectivity index (χ2v) is 4.12. The molecule has 2 N–H and O–H groups in total. The Balaban J connectivity index is 2.49. The zero-order chi connectivity index (χ0) is 16.1. The van der Waals surface area contributed by atoms with Crippen LogP contribution in [0.15, 0.2) is 24.5 Å². The molecule has 2 rings (SSSR count). The van der Waals surface area contributed by atoms with E-state index in [1.54, 1.807) is 25.2 Å². The van der Waals surface area contributed by atoms with E-state index in [9.17, 15) is 10.1 Å². The molecule has 0 amide bonds. The van der Waals surface area contributed by atoms with Crippen LogP contribution in [0.1, 0.15) is 0 Å². The molecule has 0 saturated heterocycles. The van der Waals surface area contributed by atoms with E-state index in [0.29, 0.717) is 17.2 Å². The zero-order valence-electron chi connectivity index (χ0n) is 12.3. The van der Waals surface area contributed by atoms with Gasteiger partial charge < -0.3 is 20.1 Å². The summed E-state index contributed by atoms with van der Waals surface area (Å²) in [4.78, 5) is 18.5. The molecule has 116 valence electrons. The molecule has 1 heterocycles. The van der Waals surface area contributed by atoms with E-state index in [-0.39, 0.29) is 17.3 Å². The maximum absolute atomic E-state index is 11.3. The highest BCUT2D eigenvalue weighted by atomic mass is 16.6. The second-order valence-electron chi connectivity index (χ2n) is 4.12. The Morgan fingerprint density at radius 2 is 1.91 bits per heavy atom. The molecule has 0 unspecified atom stereocenters. The van der Waals surface area contributed by atoms with Crippen molar-refractivity contribution in [1.29, 1.82) is 0 Å². The topological polar surface area (TPSA) is 111 Å². The van der Waals surface area contributed by atoms with Crippen LogP contribution in [0.25, 0.3) is 0 Å². The smallest absolute Gasteiger partial charge is 0.353 e. The first-order valence-electron chi connectivity index (χ1n) is 6.27. The van der Waals surface area contributed by atoms with Gasteiger partial charge >= 0.3 is 5.69 Å². The van der Waals surface area contributed by atoms with E-state index in [0.717, 1.165) is 0 Å². The zero-order valence-corrected chi connectivity index (χ0v) is 12.3. The molecule has 22 heavy (non-hydrogen) atoms. The van der Waals surface area contributed by atoms with Crippen molar-refractivity contribution in [3.05, 3.63) is 34.6 Å². The van der Waals surface area contributed by atoms with Crippen LogP contribution in [-0.2, 0) is 0 Å². The Morgan fingerprint density at radius 3 is 2.50 bits per heavy atom. The fourth-order valence-electron chi connectivity index (χ4n) is 1.87. The van der Waals surface area contributed by atoms with Crippen molar-refractivity contribution < 1.29 is 14.4 Å². The first kappa shape index (κ1) is 15.3. The molecular formula is C13H15N5O4. The summed E-state index contributed by atoms with van der Waals surface area (Å²) in [6.07, 6.45) is 1.23. The van der Waals surface area contributed by atoms with Crippen LogP contribution in [0.4, 0.5) is 23.0 Å². The SMILES string of the molecule is CNc1ncnc(Nc2cc(OC)ccc2OC)c1[N+](=O)[O-]. The van der Waals surface area contributed by atoms with E-state index in [4.69, 9.17) is 9.47 Å². The van der Waals surface area contributed by atoms with Crippen LogP contribution < -0.4 is 20.1 Å². The van der Waals surface area contributed by atoms with E-state index >= 15 is 0 Å². The highest BCUT2D eigenvalue weighted by Crippen LogP contribution is 2.35. The van der Waals surface area contributed by atoms with E-state index in [1.165, 1.54) is 20.5 Å². The first-order chi connectivity index (χ1) is 10.6. The lowest BCUT2D eigenvalue weighted by Crippen LogP contribution is -2.06. The van der Waals surface area contributed by atoms with E-state index in [2.05, 4.69) is 20.6 Å². The number of nitrogens with zero attached hydrogens (tertiary/aromatic N) is 3. The predicted molar refractivity (Wildman–Crippen MR) is 81.1 cm³/mol. The average molecular weight is 305 g/mol. The van der Waals surface area contributed by atoms with Gasteiger partial charge in [-0.15, -0.1) is 0 Å². The Morgan fingerprint density at radius 1 is 1.18 bits per heavy atom. The van der Waals surface area contributed by atoms with Gasteiger partial charge in [-0.1, -0.05) is 0 Å². The summed E-state index contributed by atoms with van der Waals surface area (Å²) in [5.74, 6) is 1.24. The van der Waals surface area contributed by atoms with Crippen LogP contribution in [0.3, 0.4) is 0 Å². The van der Waals surface area contributed by atoms with Crippen molar-refractivity contribution in [2.45, 2.75) is 0 Å². The molecule has 0 aliphatic rings. The number of benzene rings is 1. The van der Waals surface area contributed by atoms with Crippen LogP contribution in [0.2, 0.25) is 0 Å². The summed E-state index contributed by atoms with van der Waals surface area (Å²) in [6.45, 7) is 0. The number of methoxy groups -OCH3 is 2. The predicted octanol–water partition coefficient (Wildman–Crippen LogP) is 2.19. The highest BCUT2D eigenvalue weighted by molar-refractivity contribution is 5.76. The largest absolute Gasteiger partial charge is 0.497 e.